The third-order valence-electron chi connectivity index (χ3n) is 23.7. The second-order valence-corrected chi connectivity index (χ2v) is 37.9. The van der Waals surface area contributed by atoms with E-state index >= 15 is 0 Å². The number of amides is 18. The van der Waals surface area contributed by atoms with Crippen LogP contribution in [0.2, 0.25) is 0 Å². The highest BCUT2D eigenvalue weighted by Gasteiger charge is 2.43. The summed E-state index contributed by atoms with van der Waals surface area (Å²) < 4.78 is 0. The van der Waals surface area contributed by atoms with Crippen molar-refractivity contribution in [2.45, 2.75) is 314 Å². The number of nitrogens with two attached hydrogens (primary N) is 3. The first-order valence-corrected chi connectivity index (χ1v) is 49.7. The maximum Gasteiger partial charge on any atom is 0.328 e. The van der Waals surface area contributed by atoms with Crippen LogP contribution < -0.4 is 118 Å². The van der Waals surface area contributed by atoms with Crippen molar-refractivity contribution in [1.29, 1.82) is 5.41 Å². The van der Waals surface area contributed by atoms with Gasteiger partial charge in [-0.25, -0.2) is 9.78 Å². The van der Waals surface area contributed by atoms with Crippen LogP contribution in [0.3, 0.4) is 0 Å². The van der Waals surface area contributed by atoms with Gasteiger partial charge in [0.05, 0.1) is 44.3 Å². The number of carbonyl (C=O) groups is 22. The molecule has 53 nitrogen and oxygen atoms in total. The van der Waals surface area contributed by atoms with Crippen molar-refractivity contribution in [2.75, 3.05) is 38.2 Å². The monoisotopic (exact) mass is 2080 g/mol. The molecule has 0 radical (unpaired) electrons. The number of carbonyl (C=O) groups excluding carboxylic acids is 18. The zero-order chi connectivity index (χ0) is 110. The van der Waals surface area contributed by atoms with Gasteiger partial charge < -0.3 is 154 Å². The maximum absolute atomic E-state index is 15.0. The quantitative estimate of drug-likeness (QED) is 0.0166. The predicted octanol–water partition coefficient (Wildman–Crippen LogP) is -7.05. The van der Waals surface area contributed by atoms with Crippen molar-refractivity contribution in [3.05, 3.63) is 54.1 Å². The predicted molar refractivity (Wildman–Crippen MR) is 527 cm³/mol. The molecular formula is C92H149N25O28S. The number of aliphatic hydroxyl groups is 2. The molecule has 2 aromatic rings. The molecule has 146 heavy (non-hydrogen) atoms. The molecule has 1 fully saturated rings. The molecule has 0 unspecified atom stereocenters. The third-order valence-corrected chi connectivity index (χ3v) is 24.4. The minimum absolute atomic E-state index is 0.0699. The van der Waals surface area contributed by atoms with Crippen LogP contribution in [0.1, 0.15) is 197 Å². The summed E-state index contributed by atoms with van der Waals surface area (Å²) >= 11 is 1.25. The largest absolute Gasteiger partial charge is 0.481 e. The van der Waals surface area contributed by atoms with Gasteiger partial charge in [0.25, 0.3) is 0 Å². The highest BCUT2D eigenvalue weighted by Crippen LogP contribution is 2.19. The molecule has 54 heteroatoms. The molecule has 21 atom stereocenters. The zero-order valence-electron chi connectivity index (χ0n) is 84.4. The SMILES string of the molecule is CC[C@H](C)[C@H](NC(=O)[C@H](CCCNC(=N)N)NC(=O)[C@H](CCC(=O)O)NC(=O)[C@H](CC(C)C)NC(=O)[C@H](CC(=O)O)NC(=O)[C@H](CC(N)=O)NC(=O)[C@@H]1CCCN1)C(=O)N[C@@H](Cc1ccccc1)C(=O)N[C@@H](CC(=O)O)C(=O)N[C@@H](C)C(=O)N[C@@H](CCSC)C(=O)N[C@@H](CCCCN)C(=O)N[C@H](C(=O)N[C@H](C(=O)N[C@H](C(=O)N[C@H](C(=O)N[C@@H](Cc1cnc[nH]1)C(=O)N[C@@H](CO)C(=O)O)C(C)C)[C@@H](C)O)C(C)C)[C@@H](C)CC. The van der Waals surface area contributed by atoms with E-state index in [2.05, 4.69) is 111 Å². The van der Waals surface area contributed by atoms with Crippen LogP contribution in [0.25, 0.3) is 0 Å². The smallest absolute Gasteiger partial charge is 0.328 e. The van der Waals surface area contributed by atoms with Gasteiger partial charge in [-0.3, -0.25) is 106 Å². The van der Waals surface area contributed by atoms with Crippen molar-refractivity contribution in [3.63, 3.8) is 0 Å². The van der Waals surface area contributed by atoms with Crippen molar-refractivity contribution in [3.8, 4) is 0 Å². The Morgan fingerprint density at radius 1 is 0.452 bits per heavy atom. The molecule has 0 saturated carbocycles. The summed E-state index contributed by atoms with van der Waals surface area (Å²) in [7, 11) is 0. The standard InChI is InChI=1S/C92H149N25O28S/c1-14-47(9)71(115-79(132)55(27-22-33-99-92(95)96)104-76(129)56(28-29-66(121)122)105-81(134)58(35-44(3)4)106-85(138)63(40-68(125)126)109-84(137)61(38-65(94)120)107-75(128)53-26-21-32-98-53)88(141)110-59(36-51-23-17-16-18-24-51)82(135)108-62(39-67(123)124)80(133)101-49(11)74(127)102-57(30-34-146-13)77(130)103-54(25-19-20-31-93)78(131)116-72(48(10)15-2)89(142)113-70(46(7)8)87(140)117-73(50(12)119)90(143)114-69(45(5)6)86(139)111-60(37-52-41-97-43-100-52)83(136)112-64(42-118)91(144)145/h16-18,23-24,41,43-50,53-64,69-73,98,118-119H,14-15,19-22,25-40,42,93H2,1-13H3,(H2,94,120)(H,97,100)(H,101,133)(H,102,127)(H,103,130)(H,104,129)(H,105,134)(H,106,138)(H,107,128)(H,108,135)(H,109,137)(H,110,141)(H,111,139)(H,112,136)(H,113,142)(H,114,143)(H,115,132)(H,116,131)(H,117,140)(H,121,122)(H,123,124)(H,125,126)(H,144,145)(H4,95,96,99)/t47-,48-,49-,50+,53-,54-,55-,56-,57-,58-,59-,60-,61-,62-,63-,64-,69-,70-,71-,72-,73-/m0/s1. The van der Waals surface area contributed by atoms with Gasteiger partial charge in [0.1, 0.15) is 103 Å². The van der Waals surface area contributed by atoms with Crippen LogP contribution >= 0.6 is 11.8 Å². The minimum Gasteiger partial charge on any atom is -0.481 e. The average molecular weight is 2090 g/mol. The van der Waals surface area contributed by atoms with E-state index in [-0.39, 0.29) is 83.1 Å². The number of guanidine groups is 1. The number of carboxylic acids is 4. The lowest BCUT2D eigenvalue weighted by atomic mass is 9.95. The Labute approximate surface area is 849 Å². The van der Waals surface area contributed by atoms with E-state index in [9.17, 15) is 136 Å². The van der Waals surface area contributed by atoms with Crippen LogP contribution in [0.4, 0.5) is 0 Å². The number of carboxylic acid groups (broad SMARTS) is 4. The minimum atomic E-state index is -2.04. The summed E-state index contributed by atoms with van der Waals surface area (Å²) in [5, 5.41) is 115. The van der Waals surface area contributed by atoms with Gasteiger partial charge in [-0.1, -0.05) is 112 Å². The number of primary amides is 1. The second kappa shape index (κ2) is 64.9. The molecule has 1 saturated heterocycles. The lowest BCUT2D eigenvalue weighted by Gasteiger charge is -2.31. The number of aliphatic carboxylic acids is 4. The number of aromatic nitrogens is 2. The molecule has 2 heterocycles. The van der Waals surface area contributed by atoms with E-state index in [1.54, 1.807) is 71.2 Å². The number of thioether (sulfide) groups is 1. The van der Waals surface area contributed by atoms with E-state index in [1.807, 2.05) is 0 Å². The Morgan fingerprint density at radius 3 is 1.29 bits per heavy atom. The summed E-state index contributed by atoms with van der Waals surface area (Å²) in [6.45, 7) is 17.6. The Bertz CT molecular complexity index is 4740. The third kappa shape index (κ3) is 45.3. The van der Waals surface area contributed by atoms with Crippen LogP contribution in [0.15, 0.2) is 42.9 Å². The summed E-state index contributed by atoms with van der Waals surface area (Å²) in [6, 6.07) is -21.3. The number of unbranched alkanes of at least 4 members (excludes halogenated alkanes) is 1. The van der Waals surface area contributed by atoms with Crippen molar-refractivity contribution in [2.24, 2.45) is 46.8 Å². The van der Waals surface area contributed by atoms with Crippen LogP contribution in [-0.2, 0) is 118 Å². The number of aliphatic hydroxyl groups excluding tert-OH is 2. The summed E-state index contributed by atoms with van der Waals surface area (Å²) in [4.78, 5) is 311. The van der Waals surface area contributed by atoms with Crippen molar-refractivity contribution < 1.29 is 136 Å². The summed E-state index contributed by atoms with van der Waals surface area (Å²) in [6.07, 6.45) is -1.56. The van der Waals surface area contributed by atoms with Gasteiger partial charge in [0.15, 0.2) is 5.96 Å². The fourth-order valence-corrected chi connectivity index (χ4v) is 15.4. The molecular weight excluding hydrogens is 1940 g/mol. The first-order chi connectivity index (χ1) is 68.7. The van der Waals surface area contributed by atoms with Gasteiger partial charge >= 0.3 is 23.9 Å². The number of hydrogen-bond acceptors (Lipinski definition) is 29. The molecule has 1 aliphatic rings. The normalized spacial score (nSPS) is 16.4. The molecule has 1 aromatic heterocycles. The number of aromatic amines is 1. The molecule has 0 bridgehead atoms. The number of imidazole rings is 1. The first kappa shape index (κ1) is 126. The number of hydrogen-bond donors (Lipinski definition) is 30. The van der Waals surface area contributed by atoms with E-state index in [4.69, 9.17) is 22.6 Å². The van der Waals surface area contributed by atoms with Gasteiger partial charge in [0.2, 0.25) is 106 Å². The van der Waals surface area contributed by atoms with Gasteiger partial charge in [-0.15, -0.1) is 0 Å². The number of benzene rings is 1. The highest BCUT2D eigenvalue weighted by atomic mass is 32.2. The van der Waals surface area contributed by atoms with Gasteiger partial charge in [-0.05, 0) is 138 Å². The zero-order valence-corrected chi connectivity index (χ0v) is 85.2. The Kier molecular flexibility index (Phi) is 56.2. The molecule has 18 amide bonds. The Morgan fingerprint density at radius 2 is 0.856 bits per heavy atom. The van der Waals surface area contributed by atoms with E-state index in [0.29, 0.717) is 37.1 Å². The molecule has 816 valence electrons. The lowest BCUT2D eigenvalue weighted by Crippen LogP contribution is -2.63. The Hall–Kier alpha value is -13.8. The summed E-state index contributed by atoms with van der Waals surface area (Å²) in [5.41, 5.74) is 17.5. The van der Waals surface area contributed by atoms with E-state index < -0.39 is 319 Å². The van der Waals surface area contributed by atoms with E-state index in [0.717, 1.165) is 13.8 Å². The van der Waals surface area contributed by atoms with E-state index in [1.165, 1.54) is 58.9 Å². The molecule has 1 aliphatic heterocycles. The fraction of sp³-hybridized carbons (Fsp3) is 0.652. The fourth-order valence-electron chi connectivity index (χ4n) is 15.0. The van der Waals surface area contributed by atoms with Crippen LogP contribution in [0.5, 0.6) is 0 Å². The van der Waals surface area contributed by atoms with Crippen molar-refractivity contribution >= 4 is 148 Å². The maximum atomic E-state index is 15.0. The van der Waals surface area contributed by atoms with Gasteiger partial charge in [0, 0.05) is 37.7 Å². The van der Waals surface area contributed by atoms with Crippen LogP contribution in [0, 0.1) is 35.0 Å². The lowest BCUT2D eigenvalue weighted by molar-refractivity contribution is -0.143. The number of H-pyrrole nitrogens is 1. The topological polar surface area (TPSA) is 856 Å². The second-order valence-electron chi connectivity index (χ2n) is 37.0. The molecule has 33 N–H and O–H groups in total. The molecule has 3 rings (SSSR count). The number of nitrogens with one attached hydrogen (secondary N) is 21. The number of nitrogens with zero attached hydrogens (tertiary/aromatic N) is 1. The van der Waals surface area contributed by atoms with Crippen LogP contribution in [-0.4, -0.2) is 330 Å². The molecule has 0 aliphatic carbocycles. The van der Waals surface area contributed by atoms with Gasteiger partial charge in [-0.2, -0.15) is 11.8 Å². The first-order valence-electron chi connectivity index (χ1n) is 48.3. The molecule has 1 aromatic carbocycles. The highest BCUT2D eigenvalue weighted by molar-refractivity contribution is 7.98. The summed E-state index contributed by atoms with van der Waals surface area (Å²) in [5.74, 6) is -29.3. The Balaban J connectivity index is 1.96. The molecule has 0 spiro atoms. The van der Waals surface area contributed by atoms with Crippen molar-refractivity contribution in [1.82, 2.24) is 111 Å². The average Bonchev–Trinajstić information content (AvgIpc) is 1.04. The number of rotatable bonds is 69.